The van der Waals surface area contributed by atoms with Crippen molar-refractivity contribution in [2.45, 2.75) is 19.4 Å². The second-order valence-corrected chi connectivity index (χ2v) is 6.48. The summed E-state index contributed by atoms with van der Waals surface area (Å²) in [5.41, 5.74) is 3.40. The van der Waals surface area contributed by atoms with Gasteiger partial charge in [-0.15, -0.1) is 0 Å². The van der Waals surface area contributed by atoms with Crippen molar-refractivity contribution in [1.29, 1.82) is 0 Å². The average Bonchev–Trinajstić information content (AvgIpc) is 3.29. The molecule has 2 amide bonds. The van der Waals surface area contributed by atoms with Gasteiger partial charge in [-0.2, -0.15) is 0 Å². The summed E-state index contributed by atoms with van der Waals surface area (Å²) in [4.78, 5) is 25.9. The van der Waals surface area contributed by atoms with E-state index in [4.69, 9.17) is 9.47 Å². The summed E-state index contributed by atoms with van der Waals surface area (Å²) in [5.74, 6) is 0.734. The minimum Gasteiger partial charge on any atom is -0.493 e. The number of nitrogens with zero attached hydrogens (tertiary/aromatic N) is 1. The Labute approximate surface area is 151 Å². The number of anilines is 1. The largest absolute Gasteiger partial charge is 0.493 e. The maximum atomic E-state index is 12.6. The van der Waals surface area contributed by atoms with Crippen molar-refractivity contribution in [3.8, 4) is 5.75 Å². The minimum absolute atomic E-state index is 0.127. The highest BCUT2D eigenvalue weighted by Gasteiger charge is 2.24. The maximum absolute atomic E-state index is 12.6. The molecule has 1 N–H and O–H groups in total. The monoisotopic (exact) mass is 352 g/mol. The number of carbonyl (C=O) groups is 2. The second-order valence-electron chi connectivity index (χ2n) is 6.48. The van der Waals surface area contributed by atoms with Crippen LogP contribution in [0.4, 0.5) is 10.5 Å². The van der Waals surface area contributed by atoms with Crippen molar-refractivity contribution in [2.75, 3.05) is 24.7 Å². The highest BCUT2D eigenvalue weighted by Crippen LogP contribution is 2.27. The lowest BCUT2D eigenvalue weighted by Gasteiger charge is -2.18. The van der Waals surface area contributed by atoms with Gasteiger partial charge in [-0.25, -0.2) is 4.79 Å². The van der Waals surface area contributed by atoms with E-state index in [0.29, 0.717) is 25.3 Å². The fourth-order valence-corrected chi connectivity index (χ4v) is 3.28. The van der Waals surface area contributed by atoms with Crippen LogP contribution in [0.3, 0.4) is 0 Å². The molecule has 134 valence electrons. The topological polar surface area (TPSA) is 67.9 Å². The Kier molecular flexibility index (Phi) is 4.24. The van der Waals surface area contributed by atoms with Crippen LogP contribution in [0, 0.1) is 0 Å². The highest BCUT2D eigenvalue weighted by atomic mass is 16.6. The molecule has 2 aliphatic rings. The number of carbonyl (C=O) groups excluding carboxylic acids is 2. The molecule has 0 aliphatic carbocycles. The van der Waals surface area contributed by atoms with Crippen molar-refractivity contribution in [2.24, 2.45) is 0 Å². The summed E-state index contributed by atoms with van der Waals surface area (Å²) in [6, 6.07) is 12.9. The van der Waals surface area contributed by atoms with Crippen LogP contribution in [0.5, 0.6) is 5.75 Å². The molecule has 0 saturated carbocycles. The third-order valence-electron chi connectivity index (χ3n) is 4.74. The van der Waals surface area contributed by atoms with Gasteiger partial charge < -0.3 is 14.8 Å². The van der Waals surface area contributed by atoms with E-state index in [0.717, 1.165) is 29.0 Å². The number of hydrogen-bond donors (Lipinski definition) is 1. The van der Waals surface area contributed by atoms with Gasteiger partial charge >= 0.3 is 6.09 Å². The van der Waals surface area contributed by atoms with E-state index in [1.54, 1.807) is 11.0 Å². The van der Waals surface area contributed by atoms with Crippen LogP contribution in [-0.2, 0) is 11.2 Å². The molecule has 0 radical (unpaired) electrons. The Morgan fingerprint density at radius 3 is 2.85 bits per heavy atom. The van der Waals surface area contributed by atoms with Gasteiger partial charge in [0.05, 0.1) is 19.2 Å². The van der Waals surface area contributed by atoms with Gasteiger partial charge in [-0.05, 0) is 48.4 Å². The summed E-state index contributed by atoms with van der Waals surface area (Å²) in [5, 5.41) is 3.02. The molecule has 2 heterocycles. The molecular formula is C20H20N2O4. The molecular weight excluding hydrogens is 332 g/mol. The summed E-state index contributed by atoms with van der Waals surface area (Å²) in [7, 11) is 0. The number of hydrogen-bond acceptors (Lipinski definition) is 4. The number of nitrogens with one attached hydrogen (secondary N) is 1. The van der Waals surface area contributed by atoms with Crippen LogP contribution < -0.4 is 15.0 Å². The van der Waals surface area contributed by atoms with Crippen molar-refractivity contribution in [3.05, 3.63) is 59.2 Å². The average molecular weight is 352 g/mol. The normalized spacial score (nSPS) is 16.7. The predicted molar refractivity (Wildman–Crippen MR) is 96.7 cm³/mol. The van der Waals surface area contributed by atoms with E-state index >= 15 is 0 Å². The highest BCUT2D eigenvalue weighted by molar-refractivity contribution is 5.95. The lowest BCUT2D eigenvalue weighted by Crippen LogP contribution is -2.27. The van der Waals surface area contributed by atoms with Crippen LogP contribution in [0.25, 0.3) is 0 Å². The molecule has 1 atom stereocenters. The molecule has 2 aromatic rings. The van der Waals surface area contributed by atoms with Gasteiger partial charge in [0.2, 0.25) is 0 Å². The van der Waals surface area contributed by atoms with Crippen molar-refractivity contribution in [1.82, 2.24) is 5.32 Å². The Morgan fingerprint density at radius 1 is 1.15 bits per heavy atom. The van der Waals surface area contributed by atoms with E-state index in [-0.39, 0.29) is 18.0 Å². The van der Waals surface area contributed by atoms with E-state index < -0.39 is 0 Å². The van der Waals surface area contributed by atoms with E-state index in [9.17, 15) is 9.59 Å². The van der Waals surface area contributed by atoms with Crippen LogP contribution in [0.2, 0.25) is 0 Å². The van der Waals surface area contributed by atoms with E-state index in [2.05, 4.69) is 5.32 Å². The third-order valence-corrected chi connectivity index (χ3v) is 4.74. The van der Waals surface area contributed by atoms with Crippen molar-refractivity contribution in [3.63, 3.8) is 0 Å². The number of benzene rings is 2. The SMILES string of the molecule is CC(NC(=O)c1ccc2c(c1)CCO2)c1cccc(N2CCOC2=O)c1. The first-order valence-corrected chi connectivity index (χ1v) is 8.72. The molecule has 1 unspecified atom stereocenters. The number of ether oxygens (including phenoxy) is 2. The van der Waals surface area contributed by atoms with E-state index in [1.807, 2.05) is 43.3 Å². The zero-order valence-electron chi connectivity index (χ0n) is 14.5. The first-order chi connectivity index (χ1) is 12.6. The summed E-state index contributed by atoms with van der Waals surface area (Å²) in [6.45, 7) is 3.54. The fraction of sp³-hybridized carbons (Fsp3) is 0.300. The second kappa shape index (κ2) is 6.71. The lowest BCUT2D eigenvalue weighted by atomic mass is 10.1. The smallest absolute Gasteiger partial charge is 0.414 e. The first-order valence-electron chi connectivity index (χ1n) is 8.72. The molecule has 1 saturated heterocycles. The molecule has 26 heavy (non-hydrogen) atoms. The molecule has 4 rings (SSSR count). The first kappa shape index (κ1) is 16.4. The molecule has 0 aromatic heterocycles. The summed E-state index contributed by atoms with van der Waals surface area (Å²) < 4.78 is 10.5. The number of amides is 2. The molecule has 0 bridgehead atoms. The number of fused-ring (bicyclic) bond motifs is 1. The zero-order chi connectivity index (χ0) is 18.1. The summed E-state index contributed by atoms with van der Waals surface area (Å²) in [6.07, 6.45) is 0.499. The molecule has 1 fully saturated rings. The Hall–Kier alpha value is -3.02. The number of rotatable bonds is 4. The third kappa shape index (κ3) is 3.10. The fourth-order valence-electron chi connectivity index (χ4n) is 3.28. The quantitative estimate of drug-likeness (QED) is 0.918. The minimum atomic E-state index is -0.334. The van der Waals surface area contributed by atoms with Gasteiger partial charge in [0, 0.05) is 17.7 Å². The maximum Gasteiger partial charge on any atom is 0.414 e. The zero-order valence-corrected chi connectivity index (χ0v) is 14.5. The van der Waals surface area contributed by atoms with Crippen LogP contribution in [-0.4, -0.2) is 31.8 Å². The van der Waals surface area contributed by atoms with Crippen molar-refractivity contribution < 1.29 is 19.1 Å². The Morgan fingerprint density at radius 2 is 2.04 bits per heavy atom. The van der Waals surface area contributed by atoms with Gasteiger partial charge in [0.1, 0.15) is 12.4 Å². The van der Waals surface area contributed by atoms with Gasteiger partial charge in [0.15, 0.2) is 0 Å². The van der Waals surface area contributed by atoms with Crippen LogP contribution in [0.15, 0.2) is 42.5 Å². The molecule has 2 aromatic carbocycles. The number of cyclic esters (lactones) is 1. The van der Waals surface area contributed by atoms with Crippen LogP contribution >= 0.6 is 0 Å². The van der Waals surface area contributed by atoms with Gasteiger partial charge in [-0.3, -0.25) is 9.69 Å². The molecule has 2 aliphatic heterocycles. The Balaban J connectivity index is 1.48. The molecule has 6 nitrogen and oxygen atoms in total. The Bertz CT molecular complexity index is 865. The molecule has 0 spiro atoms. The van der Waals surface area contributed by atoms with Gasteiger partial charge in [0.25, 0.3) is 5.91 Å². The molecule has 6 heteroatoms. The van der Waals surface area contributed by atoms with Crippen molar-refractivity contribution >= 4 is 17.7 Å². The van der Waals surface area contributed by atoms with E-state index in [1.165, 1.54) is 0 Å². The van der Waals surface area contributed by atoms with Gasteiger partial charge in [-0.1, -0.05) is 12.1 Å². The summed E-state index contributed by atoms with van der Waals surface area (Å²) >= 11 is 0. The standard InChI is InChI=1S/C20H20N2O4/c1-13(14-3-2-4-17(12-14)22-8-10-26-20(22)24)21-19(23)16-5-6-18-15(11-16)7-9-25-18/h2-6,11-13H,7-10H2,1H3,(H,21,23). The predicted octanol–water partition coefficient (Wildman–Crippen LogP) is 3.07. The van der Waals surface area contributed by atoms with Crippen LogP contribution in [0.1, 0.15) is 34.5 Å². The lowest BCUT2D eigenvalue weighted by molar-refractivity contribution is 0.0939.